The highest BCUT2D eigenvalue weighted by molar-refractivity contribution is 7.91. The maximum atomic E-state index is 11.3. The quantitative estimate of drug-likeness (QED) is 0.726. The predicted molar refractivity (Wildman–Crippen MR) is 71.3 cm³/mol. The summed E-state index contributed by atoms with van der Waals surface area (Å²) >= 11 is 0. The number of sulfone groups is 1. The summed E-state index contributed by atoms with van der Waals surface area (Å²) in [5.74, 6) is 0.759. The van der Waals surface area contributed by atoms with Crippen molar-refractivity contribution in [2.45, 2.75) is 38.9 Å². The molecule has 1 rings (SSSR count). The normalized spacial score (nSPS) is 25.2. The van der Waals surface area contributed by atoms with Crippen LogP contribution in [0.1, 0.15) is 27.2 Å². The van der Waals surface area contributed by atoms with E-state index in [1.165, 1.54) is 0 Å². The first-order valence-electron chi connectivity index (χ1n) is 6.41. The van der Waals surface area contributed by atoms with Crippen LogP contribution < -0.4 is 5.32 Å². The molecule has 1 aliphatic heterocycles. The molecule has 1 saturated heterocycles. The van der Waals surface area contributed by atoms with Crippen molar-refractivity contribution >= 4 is 9.84 Å². The van der Waals surface area contributed by atoms with E-state index in [0.29, 0.717) is 25.4 Å². The summed E-state index contributed by atoms with van der Waals surface area (Å²) in [7, 11) is -2.80. The summed E-state index contributed by atoms with van der Waals surface area (Å²) in [5, 5.41) is 12.8. The highest BCUT2D eigenvalue weighted by atomic mass is 32.2. The van der Waals surface area contributed by atoms with Gasteiger partial charge in [0.1, 0.15) is 0 Å². The number of nitrogens with one attached hydrogen (secondary N) is 1. The summed E-state index contributed by atoms with van der Waals surface area (Å²) < 4.78 is 28.0. The van der Waals surface area contributed by atoms with Gasteiger partial charge in [-0.1, -0.05) is 0 Å². The zero-order chi connectivity index (χ0) is 13.8. The molecule has 1 heterocycles. The molecule has 0 amide bonds. The lowest BCUT2D eigenvalue weighted by Crippen LogP contribution is -2.36. The summed E-state index contributed by atoms with van der Waals surface area (Å²) in [6.07, 6.45) is 0.173. The van der Waals surface area contributed by atoms with Gasteiger partial charge in [-0.3, -0.25) is 0 Å². The molecule has 0 saturated carbocycles. The van der Waals surface area contributed by atoms with Crippen molar-refractivity contribution in [3.63, 3.8) is 0 Å². The molecule has 0 aromatic carbocycles. The zero-order valence-corrected chi connectivity index (χ0v) is 12.3. The van der Waals surface area contributed by atoms with Gasteiger partial charge in [0, 0.05) is 6.54 Å². The van der Waals surface area contributed by atoms with Crippen LogP contribution in [0.2, 0.25) is 0 Å². The second-order valence-corrected chi connectivity index (χ2v) is 8.23. The van der Waals surface area contributed by atoms with Gasteiger partial charge in [-0.15, -0.1) is 0 Å². The molecular weight excluding hydrogens is 254 g/mol. The molecule has 6 heteroatoms. The topological polar surface area (TPSA) is 75.6 Å². The van der Waals surface area contributed by atoms with Crippen LogP contribution in [-0.4, -0.2) is 56.4 Å². The van der Waals surface area contributed by atoms with Crippen molar-refractivity contribution in [3.8, 4) is 0 Å². The Morgan fingerprint density at radius 3 is 2.61 bits per heavy atom. The third kappa shape index (κ3) is 6.68. The fraction of sp³-hybridized carbons (Fsp3) is 1.00. The Morgan fingerprint density at radius 2 is 2.11 bits per heavy atom. The molecule has 108 valence electrons. The smallest absolute Gasteiger partial charge is 0.150 e. The van der Waals surface area contributed by atoms with E-state index in [2.05, 4.69) is 5.32 Å². The molecule has 0 radical (unpaired) electrons. The Kier molecular flexibility index (Phi) is 5.58. The van der Waals surface area contributed by atoms with Crippen molar-refractivity contribution in [1.29, 1.82) is 0 Å². The first kappa shape index (κ1) is 15.9. The van der Waals surface area contributed by atoms with Crippen LogP contribution in [0.25, 0.3) is 0 Å². The fourth-order valence-electron chi connectivity index (χ4n) is 1.89. The summed E-state index contributed by atoms with van der Waals surface area (Å²) in [6.45, 7) is 7.20. The first-order chi connectivity index (χ1) is 8.18. The molecule has 5 nitrogen and oxygen atoms in total. The van der Waals surface area contributed by atoms with Gasteiger partial charge in [0.25, 0.3) is 0 Å². The SMILES string of the molecule is CC(C)(C)OCC(O)CNCC1CCS(=O)(=O)C1. The number of ether oxygens (including phenoxy) is 1. The van der Waals surface area contributed by atoms with Crippen molar-refractivity contribution in [2.24, 2.45) is 5.92 Å². The lowest BCUT2D eigenvalue weighted by Gasteiger charge is -2.22. The molecule has 0 bridgehead atoms. The van der Waals surface area contributed by atoms with Crippen molar-refractivity contribution in [2.75, 3.05) is 31.2 Å². The Bertz CT molecular complexity index is 348. The van der Waals surface area contributed by atoms with Crippen LogP contribution in [0.15, 0.2) is 0 Å². The number of hydrogen-bond acceptors (Lipinski definition) is 5. The molecule has 18 heavy (non-hydrogen) atoms. The standard InChI is InChI=1S/C12H25NO4S/c1-12(2,3)17-8-11(14)7-13-6-10-4-5-18(15,16)9-10/h10-11,13-14H,4-9H2,1-3H3. The lowest BCUT2D eigenvalue weighted by molar-refractivity contribution is -0.0479. The third-order valence-corrected chi connectivity index (χ3v) is 4.69. The van der Waals surface area contributed by atoms with E-state index < -0.39 is 15.9 Å². The lowest BCUT2D eigenvalue weighted by atomic mass is 10.1. The molecule has 1 fully saturated rings. The third-order valence-electron chi connectivity index (χ3n) is 2.85. The van der Waals surface area contributed by atoms with Crippen LogP contribution in [0.5, 0.6) is 0 Å². The minimum Gasteiger partial charge on any atom is -0.389 e. The van der Waals surface area contributed by atoms with Gasteiger partial charge in [0.2, 0.25) is 0 Å². The van der Waals surface area contributed by atoms with Crippen LogP contribution in [-0.2, 0) is 14.6 Å². The summed E-state index contributed by atoms with van der Waals surface area (Å²) in [5.41, 5.74) is -0.249. The van der Waals surface area contributed by atoms with Gasteiger partial charge in [-0.2, -0.15) is 0 Å². The highest BCUT2D eigenvalue weighted by Gasteiger charge is 2.27. The van der Waals surface area contributed by atoms with Crippen LogP contribution >= 0.6 is 0 Å². The van der Waals surface area contributed by atoms with E-state index in [4.69, 9.17) is 4.74 Å². The monoisotopic (exact) mass is 279 g/mol. The van der Waals surface area contributed by atoms with Gasteiger partial charge < -0.3 is 15.2 Å². The maximum Gasteiger partial charge on any atom is 0.150 e. The van der Waals surface area contributed by atoms with Gasteiger partial charge in [-0.25, -0.2) is 8.42 Å². The Balaban J connectivity index is 2.11. The molecule has 2 unspecified atom stereocenters. The van der Waals surface area contributed by atoms with E-state index in [0.717, 1.165) is 6.42 Å². The van der Waals surface area contributed by atoms with E-state index in [-0.39, 0.29) is 17.3 Å². The molecule has 0 aromatic heterocycles. The maximum absolute atomic E-state index is 11.3. The van der Waals surface area contributed by atoms with Gasteiger partial charge in [0.05, 0.1) is 29.8 Å². The van der Waals surface area contributed by atoms with Gasteiger partial charge in [-0.05, 0) is 39.7 Å². The van der Waals surface area contributed by atoms with Crippen molar-refractivity contribution in [3.05, 3.63) is 0 Å². The predicted octanol–water partition coefficient (Wildman–Crippen LogP) is 0.187. The Hall–Kier alpha value is -0.170. The van der Waals surface area contributed by atoms with E-state index in [1.54, 1.807) is 0 Å². The fourth-order valence-corrected chi connectivity index (χ4v) is 3.75. The zero-order valence-electron chi connectivity index (χ0n) is 11.5. The second kappa shape index (κ2) is 6.32. The van der Waals surface area contributed by atoms with Crippen LogP contribution in [0.4, 0.5) is 0 Å². The number of aliphatic hydroxyl groups excluding tert-OH is 1. The Morgan fingerprint density at radius 1 is 1.44 bits per heavy atom. The van der Waals surface area contributed by atoms with Gasteiger partial charge >= 0.3 is 0 Å². The number of rotatable bonds is 6. The van der Waals surface area contributed by atoms with Crippen LogP contribution in [0.3, 0.4) is 0 Å². The van der Waals surface area contributed by atoms with Gasteiger partial charge in [0.15, 0.2) is 9.84 Å². The van der Waals surface area contributed by atoms with Crippen LogP contribution in [0, 0.1) is 5.92 Å². The van der Waals surface area contributed by atoms with Crippen molar-refractivity contribution in [1.82, 2.24) is 5.32 Å². The molecule has 2 atom stereocenters. The second-order valence-electron chi connectivity index (χ2n) is 6.00. The average molecular weight is 279 g/mol. The minimum atomic E-state index is -2.80. The number of hydrogen-bond donors (Lipinski definition) is 2. The van der Waals surface area contributed by atoms with E-state index >= 15 is 0 Å². The summed E-state index contributed by atoms with van der Waals surface area (Å²) in [6, 6.07) is 0. The average Bonchev–Trinajstić information content (AvgIpc) is 2.54. The number of aliphatic hydroxyl groups is 1. The molecule has 0 aromatic rings. The molecule has 0 aliphatic carbocycles. The molecular formula is C12H25NO4S. The first-order valence-corrected chi connectivity index (χ1v) is 8.23. The largest absolute Gasteiger partial charge is 0.389 e. The molecule has 2 N–H and O–H groups in total. The molecule has 1 aliphatic rings. The Labute approximate surface area is 110 Å². The summed E-state index contributed by atoms with van der Waals surface area (Å²) in [4.78, 5) is 0. The highest BCUT2D eigenvalue weighted by Crippen LogP contribution is 2.17. The minimum absolute atomic E-state index is 0.186. The van der Waals surface area contributed by atoms with Crippen molar-refractivity contribution < 1.29 is 18.3 Å². The van der Waals surface area contributed by atoms with E-state index in [9.17, 15) is 13.5 Å². The molecule has 0 spiro atoms. The van der Waals surface area contributed by atoms with E-state index in [1.807, 2.05) is 20.8 Å².